The second kappa shape index (κ2) is 8.66. The number of hydrogen-bond donors (Lipinski definition) is 1. The Morgan fingerprint density at radius 1 is 1.12 bits per heavy atom. The van der Waals surface area contributed by atoms with Crippen LogP contribution in [-0.2, 0) is 19.3 Å². The highest BCUT2D eigenvalue weighted by molar-refractivity contribution is 8.15. The average Bonchev–Trinajstić information content (AvgIpc) is 3.24. The van der Waals surface area contributed by atoms with E-state index in [1.54, 1.807) is 4.90 Å². The third-order valence-electron chi connectivity index (χ3n) is 5.29. The standard InChI is InChI=1S/C23H24N4O4S/c1-15-9-4-7-12-20(15)31-14-8-13-26-19-11-6-5-10-18(19)23(21(26)30)27(17(3)29)25-22(32-23)24-16(2)28/h4-7,9-12H,8,13-14H2,1-3H3,(H,24,25,28)/t23-/m1/s1. The van der Waals surface area contributed by atoms with Crippen LogP contribution < -0.4 is 15.0 Å². The van der Waals surface area contributed by atoms with E-state index < -0.39 is 4.87 Å². The highest BCUT2D eigenvalue weighted by Crippen LogP contribution is 2.54. The number of nitrogens with one attached hydrogen (secondary N) is 1. The van der Waals surface area contributed by atoms with Crippen LogP contribution in [0, 0.1) is 6.92 Å². The number of carbonyl (C=O) groups excluding carboxylic acids is 3. The highest BCUT2D eigenvalue weighted by Gasteiger charge is 2.60. The van der Waals surface area contributed by atoms with Crippen molar-refractivity contribution in [3.05, 3.63) is 59.7 Å². The maximum absolute atomic E-state index is 13.7. The Morgan fingerprint density at radius 2 is 1.84 bits per heavy atom. The molecule has 2 aliphatic rings. The Hall–Kier alpha value is -3.33. The summed E-state index contributed by atoms with van der Waals surface area (Å²) in [5.74, 6) is -0.148. The molecule has 1 N–H and O–H groups in total. The first kappa shape index (κ1) is 21.9. The molecule has 1 spiro atoms. The van der Waals surface area contributed by atoms with Gasteiger partial charge in [0.1, 0.15) is 5.75 Å². The zero-order chi connectivity index (χ0) is 22.9. The predicted octanol–water partition coefficient (Wildman–Crippen LogP) is 2.97. The minimum Gasteiger partial charge on any atom is -0.493 e. The summed E-state index contributed by atoms with van der Waals surface area (Å²) in [6.45, 7) is 5.57. The second-order valence-corrected chi connectivity index (χ2v) is 8.79. The Morgan fingerprint density at radius 3 is 2.56 bits per heavy atom. The number of benzene rings is 2. The molecule has 9 heteroatoms. The maximum Gasteiger partial charge on any atom is 0.270 e. The van der Waals surface area contributed by atoms with Gasteiger partial charge in [0.15, 0.2) is 5.17 Å². The molecule has 0 radical (unpaired) electrons. The van der Waals surface area contributed by atoms with Crippen LogP contribution in [0.4, 0.5) is 5.69 Å². The number of rotatable bonds is 5. The molecule has 0 saturated heterocycles. The van der Waals surface area contributed by atoms with E-state index in [2.05, 4.69) is 10.4 Å². The molecule has 166 valence electrons. The molecule has 1 atom stereocenters. The Kier molecular flexibility index (Phi) is 5.92. The SMILES string of the molecule is CC(=O)NC1=NN(C(C)=O)[C@]2(S1)C(=O)N(CCCOc1ccccc1C)c1ccccc12. The van der Waals surface area contributed by atoms with E-state index in [-0.39, 0.29) is 22.9 Å². The maximum atomic E-state index is 13.7. The van der Waals surface area contributed by atoms with Crippen molar-refractivity contribution >= 4 is 40.3 Å². The quantitative estimate of drug-likeness (QED) is 0.705. The van der Waals surface area contributed by atoms with Crippen molar-refractivity contribution in [2.24, 2.45) is 5.10 Å². The van der Waals surface area contributed by atoms with Crippen LogP contribution in [0.5, 0.6) is 5.75 Å². The van der Waals surface area contributed by atoms with E-state index in [1.165, 1.54) is 18.9 Å². The molecular formula is C23H24N4O4S. The molecule has 8 nitrogen and oxygen atoms in total. The lowest BCUT2D eigenvalue weighted by Gasteiger charge is -2.29. The monoisotopic (exact) mass is 452 g/mol. The van der Waals surface area contributed by atoms with Crippen molar-refractivity contribution in [3.8, 4) is 5.75 Å². The summed E-state index contributed by atoms with van der Waals surface area (Å²) in [7, 11) is 0. The fraction of sp³-hybridized carbons (Fsp3) is 0.304. The zero-order valence-corrected chi connectivity index (χ0v) is 18.9. The number of ether oxygens (including phenoxy) is 1. The Bertz CT molecular complexity index is 1120. The summed E-state index contributed by atoms with van der Waals surface area (Å²) in [6.07, 6.45) is 0.606. The van der Waals surface area contributed by atoms with Gasteiger partial charge < -0.3 is 15.0 Å². The molecule has 0 fully saturated rings. The highest BCUT2D eigenvalue weighted by atomic mass is 32.2. The van der Waals surface area contributed by atoms with Gasteiger partial charge in [0, 0.05) is 26.0 Å². The van der Waals surface area contributed by atoms with Gasteiger partial charge in [-0.05, 0) is 42.8 Å². The first-order valence-corrected chi connectivity index (χ1v) is 11.1. The summed E-state index contributed by atoms with van der Waals surface area (Å²) in [4.78, 5) is 38.1. The predicted molar refractivity (Wildman–Crippen MR) is 123 cm³/mol. The number of hydrogen-bond acceptors (Lipinski definition) is 6. The second-order valence-electron chi connectivity index (χ2n) is 7.60. The first-order valence-electron chi connectivity index (χ1n) is 10.3. The Balaban J connectivity index is 1.56. The van der Waals surface area contributed by atoms with E-state index in [0.717, 1.165) is 28.8 Å². The molecule has 0 aromatic heterocycles. The summed E-state index contributed by atoms with van der Waals surface area (Å²) in [5.41, 5.74) is 2.46. The number of fused-ring (bicyclic) bond motifs is 2. The molecule has 2 aliphatic heterocycles. The fourth-order valence-corrected chi connectivity index (χ4v) is 5.24. The van der Waals surface area contributed by atoms with Crippen LogP contribution in [0.25, 0.3) is 0 Å². The lowest BCUT2D eigenvalue weighted by molar-refractivity contribution is -0.139. The van der Waals surface area contributed by atoms with Crippen LogP contribution in [0.2, 0.25) is 0 Å². The van der Waals surface area contributed by atoms with Gasteiger partial charge in [0.25, 0.3) is 5.91 Å². The molecular weight excluding hydrogens is 428 g/mol. The summed E-state index contributed by atoms with van der Waals surface area (Å²) >= 11 is 1.08. The number of aryl methyl sites for hydroxylation is 1. The first-order chi connectivity index (χ1) is 15.3. The molecule has 2 aromatic carbocycles. The minimum atomic E-state index is -1.36. The zero-order valence-electron chi connectivity index (χ0n) is 18.1. The molecule has 0 bridgehead atoms. The third-order valence-corrected chi connectivity index (χ3v) is 6.53. The molecule has 0 saturated carbocycles. The minimum absolute atomic E-state index is 0.223. The van der Waals surface area contributed by atoms with Crippen LogP contribution in [0.15, 0.2) is 53.6 Å². The van der Waals surface area contributed by atoms with Gasteiger partial charge in [-0.3, -0.25) is 14.4 Å². The smallest absolute Gasteiger partial charge is 0.270 e. The number of para-hydroxylation sites is 2. The van der Waals surface area contributed by atoms with Crippen molar-refractivity contribution in [3.63, 3.8) is 0 Å². The lowest BCUT2D eigenvalue weighted by Crippen LogP contribution is -2.48. The van der Waals surface area contributed by atoms with E-state index >= 15 is 0 Å². The van der Waals surface area contributed by atoms with E-state index in [0.29, 0.717) is 25.1 Å². The molecule has 3 amide bonds. The van der Waals surface area contributed by atoms with Crippen molar-refractivity contribution in [1.82, 2.24) is 10.3 Å². The van der Waals surface area contributed by atoms with Crippen molar-refractivity contribution in [2.75, 3.05) is 18.1 Å². The van der Waals surface area contributed by atoms with Crippen molar-refractivity contribution < 1.29 is 19.1 Å². The van der Waals surface area contributed by atoms with Crippen LogP contribution >= 0.6 is 11.8 Å². The topological polar surface area (TPSA) is 91.3 Å². The largest absolute Gasteiger partial charge is 0.493 e. The van der Waals surface area contributed by atoms with Gasteiger partial charge in [0.2, 0.25) is 16.7 Å². The van der Waals surface area contributed by atoms with Crippen LogP contribution in [0.3, 0.4) is 0 Å². The van der Waals surface area contributed by atoms with E-state index in [9.17, 15) is 14.4 Å². The molecule has 0 unspecified atom stereocenters. The third kappa shape index (κ3) is 3.73. The summed E-state index contributed by atoms with van der Waals surface area (Å²) < 4.78 is 5.88. The number of hydrazone groups is 1. The molecule has 32 heavy (non-hydrogen) atoms. The van der Waals surface area contributed by atoms with E-state index in [1.807, 2.05) is 55.5 Å². The van der Waals surface area contributed by atoms with Crippen molar-refractivity contribution in [2.45, 2.75) is 32.1 Å². The van der Waals surface area contributed by atoms with Crippen LogP contribution in [-0.4, -0.2) is 41.0 Å². The number of carbonyl (C=O) groups is 3. The number of amides is 3. The lowest BCUT2D eigenvalue weighted by atomic mass is 10.1. The molecule has 2 heterocycles. The van der Waals surface area contributed by atoms with Gasteiger partial charge >= 0.3 is 0 Å². The fourth-order valence-electron chi connectivity index (χ4n) is 3.91. The van der Waals surface area contributed by atoms with Gasteiger partial charge in [0.05, 0.1) is 12.3 Å². The number of nitrogens with zero attached hydrogens (tertiary/aromatic N) is 3. The molecule has 2 aromatic rings. The van der Waals surface area contributed by atoms with Crippen LogP contribution in [0.1, 0.15) is 31.4 Å². The number of anilines is 1. The van der Waals surface area contributed by atoms with E-state index in [4.69, 9.17) is 4.74 Å². The Labute approximate surface area is 190 Å². The molecule has 0 aliphatic carbocycles. The van der Waals surface area contributed by atoms with Gasteiger partial charge in [-0.25, -0.2) is 0 Å². The normalized spacial score (nSPS) is 19.2. The van der Waals surface area contributed by atoms with Gasteiger partial charge in [-0.1, -0.05) is 36.4 Å². The average molecular weight is 453 g/mol. The molecule has 4 rings (SSSR count). The van der Waals surface area contributed by atoms with Gasteiger partial charge in [-0.15, -0.1) is 5.10 Å². The van der Waals surface area contributed by atoms with Crippen molar-refractivity contribution in [1.29, 1.82) is 0 Å². The number of amidine groups is 1. The summed E-state index contributed by atoms with van der Waals surface area (Å²) in [6, 6.07) is 15.2. The number of thioether (sulfide) groups is 1. The van der Waals surface area contributed by atoms with Gasteiger partial charge in [-0.2, -0.15) is 5.01 Å². The summed E-state index contributed by atoms with van der Waals surface area (Å²) in [5, 5.41) is 8.26.